The van der Waals surface area contributed by atoms with Crippen molar-refractivity contribution in [2.24, 2.45) is 11.8 Å². The number of amides is 2. The molecule has 2 atom stereocenters. The Morgan fingerprint density at radius 3 is 2.00 bits per heavy atom. The van der Waals surface area contributed by atoms with Crippen LogP contribution >= 0.6 is 22.6 Å². The molecular weight excluding hydrogens is 377 g/mol. The molecule has 3 nitrogen and oxygen atoms in total. The number of aryl methyl sites for hydroxylation is 1. The van der Waals surface area contributed by atoms with Crippen LogP contribution in [0.2, 0.25) is 0 Å². The first-order valence-corrected chi connectivity index (χ1v) is 8.27. The van der Waals surface area contributed by atoms with Gasteiger partial charge in [-0.3, -0.25) is 9.59 Å². The number of fused-ring (bicyclic) bond motifs is 1. The predicted molar refractivity (Wildman–Crippen MR) is 91.0 cm³/mol. The molecule has 0 saturated carbocycles. The Balaban J connectivity index is 2.00. The third-order valence-corrected chi connectivity index (χ3v) is 5.41. The quantitative estimate of drug-likeness (QED) is 0.412. The second-order valence-electron chi connectivity index (χ2n) is 6.12. The summed E-state index contributed by atoms with van der Waals surface area (Å²) in [5.74, 6) is -0.387. The topological polar surface area (TPSA) is 37.4 Å². The number of carbonyl (C=O) groups is 2. The zero-order chi connectivity index (χ0) is 15.3. The molecule has 4 heteroatoms. The second-order valence-corrected chi connectivity index (χ2v) is 7.37. The molecule has 110 valence electrons. The third-order valence-electron chi connectivity index (χ3n) is 4.74. The van der Waals surface area contributed by atoms with E-state index in [-0.39, 0.29) is 23.7 Å². The first kappa shape index (κ1) is 14.8. The molecule has 0 bridgehead atoms. The molecule has 0 radical (unpaired) electrons. The summed E-state index contributed by atoms with van der Waals surface area (Å²) in [7, 11) is 0. The van der Waals surface area contributed by atoms with Gasteiger partial charge in [0.15, 0.2) is 0 Å². The molecule has 0 spiro atoms. The standard InChI is InChI=1S/C17H18INO2/c1-9-7-13-14(8-10(9)2)17(21)19(16(13)20)15-5-4-12(18)6-11(15)3/h4-6,13-14H,7-8H2,1-3H3/t13-,14+. The minimum Gasteiger partial charge on any atom is -0.274 e. The van der Waals surface area contributed by atoms with Crippen molar-refractivity contribution < 1.29 is 9.59 Å². The zero-order valence-corrected chi connectivity index (χ0v) is 14.6. The molecular formula is C17H18INO2. The van der Waals surface area contributed by atoms with E-state index in [2.05, 4.69) is 36.4 Å². The lowest BCUT2D eigenvalue weighted by Crippen LogP contribution is -2.31. The first-order chi connectivity index (χ1) is 9.90. The van der Waals surface area contributed by atoms with Gasteiger partial charge in [-0.05, 0) is 80.0 Å². The van der Waals surface area contributed by atoms with E-state index in [9.17, 15) is 9.59 Å². The molecule has 21 heavy (non-hydrogen) atoms. The normalized spacial score (nSPS) is 25.6. The first-order valence-electron chi connectivity index (χ1n) is 7.19. The van der Waals surface area contributed by atoms with Gasteiger partial charge in [0.2, 0.25) is 11.8 Å². The van der Waals surface area contributed by atoms with Gasteiger partial charge in [-0.25, -0.2) is 4.90 Å². The van der Waals surface area contributed by atoms with Crippen LogP contribution in [-0.4, -0.2) is 11.8 Å². The number of carbonyl (C=O) groups excluding carboxylic acids is 2. The average molecular weight is 395 g/mol. The Hall–Kier alpha value is -1.17. The van der Waals surface area contributed by atoms with Gasteiger partial charge >= 0.3 is 0 Å². The highest BCUT2D eigenvalue weighted by Gasteiger charge is 2.49. The smallest absolute Gasteiger partial charge is 0.238 e. The van der Waals surface area contributed by atoms with Gasteiger partial charge in [0.05, 0.1) is 17.5 Å². The largest absolute Gasteiger partial charge is 0.274 e. The monoisotopic (exact) mass is 395 g/mol. The lowest BCUT2D eigenvalue weighted by Gasteiger charge is -2.23. The van der Waals surface area contributed by atoms with Crippen LogP contribution in [0.1, 0.15) is 32.3 Å². The molecule has 0 unspecified atom stereocenters. The summed E-state index contributed by atoms with van der Waals surface area (Å²) < 4.78 is 1.11. The SMILES string of the molecule is CC1=C(C)C[C@H]2C(=O)N(c3ccc(I)cc3C)C(=O)[C@H]2C1. The number of anilines is 1. The van der Waals surface area contributed by atoms with Gasteiger partial charge in [-0.15, -0.1) is 0 Å². The van der Waals surface area contributed by atoms with Gasteiger partial charge < -0.3 is 0 Å². The molecule has 1 saturated heterocycles. The average Bonchev–Trinajstić information content (AvgIpc) is 2.64. The summed E-state index contributed by atoms with van der Waals surface area (Å²) in [4.78, 5) is 26.9. The van der Waals surface area contributed by atoms with Crippen LogP contribution in [-0.2, 0) is 9.59 Å². The fraction of sp³-hybridized carbons (Fsp3) is 0.412. The minimum atomic E-state index is -0.167. The summed E-state index contributed by atoms with van der Waals surface area (Å²) in [6.07, 6.45) is 1.45. The van der Waals surface area contributed by atoms with E-state index in [1.807, 2.05) is 25.1 Å². The molecule has 1 aliphatic carbocycles. The van der Waals surface area contributed by atoms with Gasteiger partial charge in [-0.1, -0.05) is 11.1 Å². The molecule has 3 rings (SSSR count). The molecule has 2 amide bonds. The van der Waals surface area contributed by atoms with Crippen molar-refractivity contribution in [1.29, 1.82) is 0 Å². The Labute approximate surface area is 138 Å². The lowest BCUT2D eigenvalue weighted by molar-refractivity contribution is -0.122. The number of hydrogen-bond acceptors (Lipinski definition) is 2. The third kappa shape index (κ3) is 2.33. The number of imide groups is 1. The van der Waals surface area contributed by atoms with Crippen molar-refractivity contribution in [2.75, 3.05) is 4.90 Å². The highest BCUT2D eigenvalue weighted by molar-refractivity contribution is 14.1. The number of allylic oxidation sites excluding steroid dienone is 2. The van der Waals surface area contributed by atoms with Crippen LogP contribution in [0.25, 0.3) is 0 Å². The van der Waals surface area contributed by atoms with Crippen LogP contribution < -0.4 is 4.90 Å². The van der Waals surface area contributed by atoms with E-state index < -0.39 is 0 Å². The van der Waals surface area contributed by atoms with Gasteiger partial charge in [0, 0.05) is 3.57 Å². The zero-order valence-electron chi connectivity index (χ0n) is 12.4. The molecule has 0 aromatic heterocycles. The van der Waals surface area contributed by atoms with Gasteiger partial charge in [0.25, 0.3) is 0 Å². The van der Waals surface area contributed by atoms with E-state index in [0.29, 0.717) is 0 Å². The Bertz CT molecular complexity index is 645. The molecule has 2 aliphatic rings. The second kappa shape index (κ2) is 5.23. The molecule has 1 heterocycles. The Morgan fingerprint density at radius 1 is 1.00 bits per heavy atom. The van der Waals surface area contributed by atoms with E-state index in [4.69, 9.17) is 0 Å². The molecule has 1 aliphatic heterocycles. The van der Waals surface area contributed by atoms with Crippen molar-refractivity contribution in [1.82, 2.24) is 0 Å². The molecule has 1 fully saturated rings. The lowest BCUT2D eigenvalue weighted by atomic mass is 9.78. The summed E-state index contributed by atoms with van der Waals surface area (Å²) in [5.41, 5.74) is 4.25. The van der Waals surface area contributed by atoms with Crippen LogP contribution in [0.4, 0.5) is 5.69 Å². The van der Waals surface area contributed by atoms with Crippen LogP contribution in [0.5, 0.6) is 0 Å². The maximum Gasteiger partial charge on any atom is 0.238 e. The van der Waals surface area contributed by atoms with Crippen LogP contribution in [0.3, 0.4) is 0 Å². The van der Waals surface area contributed by atoms with Crippen molar-refractivity contribution in [3.8, 4) is 0 Å². The van der Waals surface area contributed by atoms with Crippen LogP contribution in [0.15, 0.2) is 29.3 Å². The molecule has 0 N–H and O–H groups in total. The molecule has 1 aromatic rings. The predicted octanol–water partition coefficient (Wildman–Crippen LogP) is 3.84. The maximum atomic E-state index is 12.7. The Morgan fingerprint density at radius 2 is 1.52 bits per heavy atom. The van der Waals surface area contributed by atoms with Crippen molar-refractivity contribution in [2.45, 2.75) is 33.6 Å². The minimum absolute atomic E-state index is 0.0267. The van der Waals surface area contributed by atoms with Gasteiger partial charge in [-0.2, -0.15) is 0 Å². The van der Waals surface area contributed by atoms with Gasteiger partial charge in [0.1, 0.15) is 0 Å². The number of rotatable bonds is 1. The summed E-state index contributed by atoms with van der Waals surface area (Å²) in [6.45, 7) is 6.10. The maximum absolute atomic E-state index is 12.7. The highest BCUT2D eigenvalue weighted by atomic mass is 127. The van der Waals surface area contributed by atoms with Crippen molar-refractivity contribution in [3.05, 3.63) is 38.5 Å². The van der Waals surface area contributed by atoms with E-state index in [1.165, 1.54) is 16.0 Å². The summed E-state index contributed by atoms with van der Waals surface area (Å²) in [5, 5.41) is 0. The van der Waals surface area contributed by atoms with E-state index >= 15 is 0 Å². The summed E-state index contributed by atoms with van der Waals surface area (Å²) in [6, 6.07) is 5.84. The fourth-order valence-corrected chi connectivity index (χ4v) is 4.01. The molecule has 1 aromatic carbocycles. The number of benzene rings is 1. The highest BCUT2D eigenvalue weighted by Crippen LogP contribution is 2.42. The van der Waals surface area contributed by atoms with Crippen LogP contribution in [0, 0.1) is 22.3 Å². The summed E-state index contributed by atoms with van der Waals surface area (Å²) >= 11 is 2.24. The number of nitrogens with zero attached hydrogens (tertiary/aromatic N) is 1. The Kier molecular flexibility index (Phi) is 3.67. The van der Waals surface area contributed by atoms with E-state index in [0.717, 1.165) is 27.7 Å². The van der Waals surface area contributed by atoms with Crippen molar-refractivity contribution in [3.63, 3.8) is 0 Å². The van der Waals surface area contributed by atoms with E-state index in [1.54, 1.807) is 0 Å². The number of hydrogen-bond donors (Lipinski definition) is 0. The number of halogens is 1. The fourth-order valence-electron chi connectivity index (χ4n) is 3.36. The van der Waals surface area contributed by atoms with Crippen molar-refractivity contribution >= 4 is 40.1 Å².